The molecule has 2 heterocycles. The van der Waals surface area contributed by atoms with Crippen LogP contribution in [0.25, 0.3) is 0 Å². The predicted molar refractivity (Wildman–Crippen MR) is 90.2 cm³/mol. The van der Waals surface area contributed by atoms with E-state index in [1.54, 1.807) is 0 Å². The van der Waals surface area contributed by atoms with Crippen molar-refractivity contribution in [3.05, 3.63) is 0 Å². The summed E-state index contributed by atoms with van der Waals surface area (Å²) in [7, 11) is -4.83. The smallest absolute Gasteiger partial charge is 0.639 e. The van der Waals surface area contributed by atoms with E-state index in [0.29, 0.717) is 0 Å². The molecule has 12 nitrogen and oxygen atoms in total. The van der Waals surface area contributed by atoms with Gasteiger partial charge in [-0.05, 0) is 0 Å². The molecule has 0 spiro atoms. The molecule has 0 amide bonds. The molecular weight excluding hydrogens is 431 g/mol. The first-order valence-electron chi connectivity index (χ1n) is 7.88. The normalized spacial score (nSPS) is 29.6. The van der Waals surface area contributed by atoms with E-state index in [4.69, 9.17) is 22.3 Å². The number of hydrogen-bond acceptors (Lipinski definition) is 12. The van der Waals surface area contributed by atoms with Crippen molar-refractivity contribution in [3.8, 4) is 0 Å². The first-order valence-corrected chi connectivity index (χ1v) is 11.7. The summed E-state index contributed by atoms with van der Waals surface area (Å²) in [5, 5.41) is 9.19. The molecule has 2 rings (SSSR count). The number of rotatable bonds is 12. The second kappa shape index (κ2) is 11.2. The molecule has 5 atom stereocenters. The molecule has 2 saturated heterocycles. The molecule has 2 fully saturated rings. The summed E-state index contributed by atoms with van der Waals surface area (Å²) in [5.41, 5.74) is 0. The first-order chi connectivity index (χ1) is 12.8. The molecular formula is C11H20BO12S3-. The Bertz CT molecular complexity index is 616. The zero-order valence-electron chi connectivity index (χ0n) is 14.1. The standard InChI is InChI=1S/C11H21BO12S3/c13-1-9(7-25(14)15)2-19-12(21-5-11-6-22-26(16)24-11)20-3-10-4-23-27(17,18)8-10/h9-11,13H,1-8H2,(H,14,15)/p-1. The molecule has 2 aliphatic heterocycles. The van der Waals surface area contributed by atoms with Crippen LogP contribution in [0.15, 0.2) is 0 Å². The fraction of sp³-hybridized carbons (Fsp3) is 1.00. The van der Waals surface area contributed by atoms with E-state index in [0.717, 1.165) is 0 Å². The highest BCUT2D eigenvalue weighted by Gasteiger charge is 2.33. The van der Waals surface area contributed by atoms with Crippen LogP contribution in [0.3, 0.4) is 0 Å². The van der Waals surface area contributed by atoms with Gasteiger partial charge in [0, 0.05) is 37.4 Å². The molecule has 0 saturated carbocycles. The fourth-order valence-corrected chi connectivity index (χ4v) is 4.66. The van der Waals surface area contributed by atoms with Gasteiger partial charge in [-0.2, -0.15) is 12.6 Å². The van der Waals surface area contributed by atoms with Crippen molar-refractivity contribution in [2.24, 2.45) is 11.8 Å². The lowest BCUT2D eigenvalue weighted by atomic mass is 10.1. The van der Waals surface area contributed by atoms with Gasteiger partial charge in [0.2, 0.25) is 0 Å². The number of aliphatic hydroxyl groups excluding tert-OH is 1. The summed E-state index contributed by atoms with van der Waals surface area (Å²) in [6, 6.07) is 0. The maximum atomic E-state index is 11.3. The van der Waals surface area contributed by atoms with Crippen LogP contribution in [0.4, 0.5) is 0 Å². The predicted octanol–water partition coefficient (Wildman–Crippen LogP) is -2.52. The zero-order valence-corrected chi connectivity index (χ0v) is 16.6. The van der Waals surface area contributed by atoms with Crippen LogP contribution in [0.2, 0.25) is 0 Å². The van der Waals surface area contributed by atoms with Gasteiger partial charge in [0.25, 0.3) is 10.1 Å². The largest absolute Gasteiger partial charge is 0.772 e. The SMILES string of the molecule is O=S([O-])CC(CO)COB(OCC1COS(=O)(=O)C1)OCC1COS(=O)O1. The molecule has 1 N–H and O–H groups in total. The van der Waals surface area contributed by atoms with Gasteiger partial charge < -0.3 is 23.6 Å². The minimum absolute atomic E-state index is 0.0258. The Hall–Kier alpha value is -0.00506. The minimum Gasteiger partial charge on any atom is -0.772 e. The molecule has 0 radical (unpaired) electrons. The molecule has 0 aliphatic carbocycles. The molecule has 0 aromatic heterocycles. The van der Waals surface area contributed by atoms with E-state index in [1.165, 1.54) is 0 Å². The number of aliphatic hydroxyl groups is 1. The Morgan fingerprint density at radius 2 is 2.04 bits per heavy atom. The third kappa shape index (κ3) is 8.91. The average molecular weight is 451 g/mol. The third-order valence-corrected chi connectivity index (χ3v) is 6.35. The molecule has 5 unspecified atom stereocenters. The first kappa shape index (κ1) is 23.3. The van der Waals surface area contributed by atoms with Crippen molar-refractivity contribution in [1.82, 2.24) is 0 Å². The fourth-order valence-electron chi connectivity index (χ4n) is 2.16. The second-order valence-electron chi connectivity index (χ2n) is 5.89. The Labute approximate surface area is 162 Å². The number of hydrogen-bond donors (Lipinski definition) is 1. The van der Waals surface area contributed by atoms with E-state index >= 15 is 0 Å². The van der Waals surface area contributed by atoms with Crippen LogP contribution in [0.5, 0.6) is 0 Å². The Balaban J connectivity index is 1.82. The summed E-state index contributed by atoms with van der Waals surface area (Å²) in [6.45, 7) is -0.719. The van der Waals surface area contributed by atoms with E-state index in [1.807, 2.05) is 0 Å². The molecule has 0 aromatic carbocycles. The molecule has 27 heavy (non-hydrogen) atoms. The highest BCUT2D eigenvalue weighted by molar-refractivity contribution is 7.86. The van der Waals surface area contributed by atoms with Crippen LogP contribution >= 0.6 is 0 Å². The van der Waals surface area contributed by atoms with E-state index in [9.17, 15) is 26.5 Å². The van der Waals surface area contributed by atoms with Gasteiger partial charge in [-0.1, -0.05) is 11.1 Å². The highest BCUT2D eigenvalue weighted by Crippen LogP contribution is 2.16. The Morgan fingerprint density at radius 3 is 2.59 bits per heavy atom. The summed E-state index contributed by atoms with van der Waals surface area (Å²) in [6.07, 6.45) is -0.612. The molecule has 16 heteroatoms. The highest BCUT2D eigenvalue weighted by atomic mass is 32.2. The van der Waals surface area contributed by atoms with Crippen molar-refractivity contribution < 1.29 is 53.0 Å². The lowest BCUT2D eigenvalue weighted by molar-refractivity contribution is 0.0411. The van der Waals surface area contributed by atoms with Gasteiger partial charge in [0.05, 0.1) is 25.6 Å². The van der Waals surface area contributed by atoms with Crippen molar-refractivity contribution >= 4 is 39.9 Å². The van der Waals surface area contributed by atoms with Crippen LogP contribution < -0.4 is 0 Å². The van der Waals surface area contributed by atoms with Gasteiger partial charge in [-0.3, -0.25) is 16.8 Å². The van der Waals surface area contributed by atoms with E-state index in [2.05, 4.69) is 4.18 Å². The van der Waals surface area contributed by atoms with Gasteiger partial charge in [0.15, 0.2) is 0 Å². The maximum absolute atomic E-state index is 11.3. The van der Waals surface area contributed by atoms with Gasteiger partial charge >= 0.3 is 18.7 Å². The average Bonchev–Trinajstić information content (AvgIpc) is 3.17. The Kier molecular flexibility index (Phi) is 9.70. The molecule has 158 valence electrons. The molecule has 0 bridgehead atoms. The summed E-state index contributed by atoms with van der Waals surface area (Å²) in [5.74, 6) is -1.61. The second-order valence-corrected chi connectivity index (χ2v) is 9.35. The lowest BCUT2D eigenvalue weighted by Crippen LogP contribution is -2.36. The summed E-state index contributed by atoms with van der Waals surface area (Å²) >= 11 is -4.21. The van der Waals surface area contributed by atoms with Crippen molar-refractivity contribution in [2.45, 2.75) is 6.10 Å². The van der Waals surface area contributed by atoms with Crippen LogP contribution in [0, 0.1) is 11.8 Å². The molecule has 0 aromatic rings. The van der Waals surface area contributed by atoms with E-state index < -0.39 is 64.4 Å². The van der Waals surface area contributed by atoms with Crippen molar-refractivity contribution in [2.75, 3.05) is 51.1 Å². The van der Waals surface area contributed by atoms with Gasteiger partial charge in [-0.25, -0.2) is 0 Å². The van der Waals surface area contributed by atoms with E-state index in [-0.39, 0.29) is 44.5 Å². The van der Waals surface area contributed by atoms with Crippen molar-refractivity contribution in [1.29, 1.82) is 0 Å². The van der Waals surface area contributed by atoms with Gasteiger partial charge in [-0.15, -0.1) is 0 Å². The Morgan fingerprint density at radius 1 is 1.30 bits per heavy atom. The lowest BCUT2D eigenvalue weighted by Gasteiger charge is -2.20. The molecule has 2 aliphatic rings. The van der Waals surface area contributed by atoms with Crippen LogP contribution in [-0.4, -0.2) is 91.1 Å². The summed E-state index contributed by atoms with van der Waals surface area (Å²) < 4.78 is 85.5. The quantitative estimate of drug-likeness (QED) is 0.188. The zero-order chi connectivity index (χ0) is 19.9. The maximum Gasteiger partial charge on any atom is 0.639 e. The topological polar surface area (TPSA) is 167 Å². The monoisotopic (exact) mass is 451 g/mol. The summed E-state index contributed by atoms with van der Waals surface area (Å²) in [4.78, 5) is 0. The van der Waals surface area contributed by atoms with Crippen molar-refractivity contribution in [3.63, 3.8) is 0 Å². The third-order valence-electron chi connectivity index (χ3n) is 3.47. The minimum atomic E-state index is -3.55. The van der Waals surface area contributed by atoms with Crippen LogP contribution in [-0.2, 0) is 59.1 Å². The van der Waals surface area contributed by atoms with Gasteiger partial charge in [0.1, 0.15) is 6.10 Å². The van der Waals surface area contributed by atoms with Crippen LogP contribution in [0.1, 0.15) is 0 Å².